The Kier molecular flexibility index (Phi) is 5.19. The van der Waals surface area contributed by atoms with Crippen LogP contribution in [0.15, 0.2) is 90.6 Å². The van der Waals surface area contributed by atoms with Crippen LogP contribution in [-0.2, 0) is 9.59 Å². The Morgan fingerprint density at radius 2 is 1.38 bits per heavy atom. The van der Waals surface area contributed by atoms with Gasteiger partial charge in [-0.3, -0.25) is 9.59 Å². The molecule has 1 aliphatic heterocycles. The van der Waals surface area contributed by atoms with Gasteiger partial charge in [-0.1, -0.05) is 60.1 Å². The maximum atomic E-state index is 13.5. The molecule has 0 fully saturated rings. The fourth-order valence-electron chi connectivity index (χ4n) is 3.53. The summed E-state index contributed by atoms with van der Waals surface area (Å²) in [4.78, 5) is 30.1. The molecule has 0 N–H and O–H groups in total. The zero-order chi connectivity index (χ0) is 20.4. The number of nitrogens with zero attached hydrogens (tertiary/aromatic N) is 2. The van der Waals surface area contributed by atoms with E-state index in [1.807, 2.05) is 60.4 Å². The second kappa shape index (κ2) is 7.94. The van der Waals surface area contributed by atoms with E-state index in [2.05, 4.69) is 0 Å². The van der Waals surface area contributed by atoms with Gasteiger partial charge in [0, 0.05) is 17.3 Å². The molecule has 1 aliphatic rings. The third-order valence-electron chi connectivity index (χ3n) is 4.86. The molecule has 0 saturated heterocycles. The first-order valence-electron chi connectivity index (χ1n) is 9.38. The quantitative estimate of drug-likeness (QED) is 0.554. The lowest BCUT2D eigenvalue weighted by atomic mass is 10.0. The highest BCUT2D eigenvalue weighted by atomic mass is 35.5. The van der Waals surface area contributed by atoms with E-state index in [4.69, 9.17) is 11.6 Å². The van der Waals surface area contributed by atoms with E-state index in [-0.39, 0.29) is 11.8 Å². The van der Waals surface area contributed by atoms with Gasteiger partial charge in [-0.05, 0) is 48.9 Å². The summed E-state index contributed by atoms with van der Waals surface area (Å²) < 4.78 is 0. The molecule has 0 unspecified atom stereocenters. The van der Waals surface area contributed by atoms with Gasteiger partial charge in [-0.25, -0.2) is 4.90 Å². The average molecular weight is 403 g/mol. The van der Waals surface area contributed by atoms with Gasteiger partial charge in [0.25, 0.3) is 11.8 Å². The van der Waals surface area contributed by atoms with Gasteiger partial charge in [-0.15, -0.1) is 0 Å². The number of imide groups is 1. The van der Waals surface area contributed by atoms with Crippen molar-refractivity contribution in [3.8, 4) is 0 Å². The van der Waals surface area contributed by atoms with E-state index in [0.29, 0.717) is 34.1 Å². The highest BCUT2D eigenvalue weighted by Crippen LogP contribution is 2.36. The van der Waals surface area contributed by atoms with Gasteiger partial charge in [0.1, 0.15) is 5.70 Å². The van der Waals surface area contributed by atoms with Crippen LogP contribution >= 0.6 is 11.6 Å². The summed E-state index contributed by atoms with van der Waals surface area (Å²) in [6.45, 7) is 2.50. The Bertz CT molecular complexity index is 1080. The number of carbonyl (C=O) groups excluding carboxylic acids is 2. The molecule has 0 bridgehead atoms. The smallest absolute Gasteiger partial charge is 0.282 e. The number of likely N-dealkylation sites (N-methyl/N-ethyl adjacent to an activating group) is 1. The predicted molar refractivity (Wildman–Crippen MR) is 117 cm³/mol. The number of carbonyl (C=O) groups is 2. The number of halogens is 1. The number of hydrogen-bond donors (Lipinski definition) is 0. The van der Waals surface area contributed by atoms with Crippen molar-refractivity contribution in [2.75, 3.05) is 16.3 Å². The van der Waals surface area contributed by atoms with Crippen LogP contribution in [0, 0.1) is 0 Å². The third-order valence-corrected chi connectivity index (χ3v) is 5.11. The molecule has 4 rings (SSSR count). The van der Waals surface area contributed by atoms with Crippen LogP contribution in [0.3, 0.4) is 0 Å². The number of benzene rings is 3. The average Bonchev–Trinajstić information content (AvgIpc) is 3.01. The molecule has 0 aromatic heterocycles. The van der Waals surface area contributed by atoms with Gasteiger partial charge in [0.05, 0.1) is 11.3 Å². The topological polar surface area (TPSA) is 40.6 Å². The third kappa shape index (κ3) is 3.43. The second-order valence-electron chi connectivity index (χ2n) is 6.59. The first-order valence-corrected chi connectivity index (χ1v) is 9.76. The fraction of sp³-hybridized carbons (Fsp3) is 0.0833. The maximum Gasteiger partial charge on any atom is 0.282 e. The van der Waals surface area contributed by atoms with E-state index in [9.17, 15) is 9.59 Å². The SMILES string of the molecule is CCN(C1=C(c2ccc(Cl)cc2)C(=O)N(c2ccccc2)C1=O)c1ccccc1. The van der Waals surface area contributed by atoms with Crippen molar-refractivity contribution in [1.29, 1.82) is 0 Å². The summed E-state index contributed by atoms with van der Waals surface area (Å²) in [7, 11) is 0. The van der Waals surface area contributed by atoms with Crippen LogP contribution in [0.1, 0.15) is 12.5 Å². The summed E-state index contributed by atoms with van der Waals surface area (Å²) in [6, 6.07) is 25.6. The standard InChI is InChI=1S/C24H19ClN2O2/c1-2-26(19-9-5-3-6-10-19)22-21(17-13-15-18(25)16-14-17)23(28)27(24(22)29)20-11-7-4-8-12-20/h3-16H,2H2,1H3. The Balaban J connectivity index is 1.91. The molecule has 144 valence electrons. The zero-order valence-electron chi connectivity index (χ0n) is 15.9. The number of amides is 2. The van der Waals surface area contributed by atoms with Gasteiger partial charge in [-0.2, -0.15) is 0 Å². The molecule has 29 heavy (non-hydrogen) atoms. The lowest BCUT2D eigenvalue weighted by Crippen LogP contribution is -2.35. The minimum atomic E-state index is -0.340. The van der Waals surface area contributed by atoms with Crippen LogP contribution in [0.5, 0.6) is 0 Å². The number of para-hydroxylation sites is 2. The summed E-state index contributed by atoms with van der Waals surface area (Å²) >= 11 is 6.04. The summed E-state index contributed by atoms with van der Waals surface area (Å²) in [6.07, 6.45) is 0. The highest BCUT2D eigenvalue weighted by Gasteiger charge is 2.42. The van der Waals surface area contributed by atoms with Gasteiger partial charge in [0.15, 0.2) is 0 Å². The first kappa shape index (κ1) is 19.0. The van der Waals surface area contributed by atoms with E-state index in [0.717, 1.165) is 5.69 Å². The van der Waals surface area contributed by atoms with Crippen molar-refractivity contribution < 1.29 is 9.59 Å². The number of hydrogen-bond acceptors (Lipinski definition) is 3. The van der Waals surface area contributed by atoms with Crippen LogP contribution in [0.2, 0.25) is 5.02 Å². The zero-order valence-corrected chi connectivity index (χ0v) is 16.6. The highest BCUT2D eigenvalue weighted by molar-refractivity contribution is 6.46. The van der Waals surface area contributed by atoms with Gasteiger partial charge >= 0.3 is 0 Å². The summed E-state index contributed by atoms with van der Waals surface area (Å²) in [5.41, 5.74) is 2.81. The minimum absolute atomic E-state index is 0.336. The molecule has 3 aromatic carbocycles. The molecule has 5 heteroatoms. The summed E-state index contributed by atoms with van der Waals surface area (Å²) in [5.74, 6) is -0.676. The lowest BCUT2D eigenvalue weighted by molar-refractivity contribution is -0.120. The lowest BCUT2D eigenvalue weighted by Gasteiger charge is -2.25. The molecule has 0 aliphatic carbocycles. The monoisotopic (exact) mass is 402 g/mol. The molecule has 4 nitrogen and oxygen atoms in total. The predicted octanol–water partition coefficient (Wildman–Crippen LogP) is 5.15. The van der Waals surface area contributed by atoms with Crippen LogP contribution < -0.4 is 9.80 Å². The van der Waals surface area contributed by atoms with Crippen molar-refractivity contribution in [3.63, 3.8) is 0 Å². The van der Waals surface area contributed by atoms with Crippen molar-refractivity contribution in [1.82, 2.24) is 0 Å². The van der Waals surface area contributed by atoms with Crippen molar-refractivity contribution in [2.45, 2.75) is 6.92 Å². The fourth-order valence-corrected chi connectivity index (χ4v) is 3.66. The Hall–Kier alpha value is -3.37. The molecule has 0 saturated carbocycles. The normalized spacial score (nSPS) is 13.9. The van der Waals surface area contributed by atoms with Crippen LogP contribution in [0.25, 0.3) is 5.57 Å². The van der Waals surface area contributed by atoms with Crippen LogP contribution in [-0.4, -0.2) is 18.4 Å². The molecular formula is C24H19ClN2O2. The molecule has 0 atom stereocenters. The van der Waals surface area contributed by atoms with E-state index < -0.39 is 0 Å². The minimum Gasteiger partial charge on any atom is -0.337 e. The van der Waals surface area contributed by atoms with Crippen molar-refractivity contribution >= 4 is 40.4 Å². The van der Waals surface area contributed by atoms with Gasteiger partial charge in [0.2, 0.25) is 0 Å². The van der Waals surface area contributed by atoms with Crippen molar-refractivity contribution in [3.05, 3.63) is 101 Å². The summed E-state index contributed by atoms with van der Waals surface area (Å²) in [5, 5.41) is 0.572. The van der Waals surface area contributed by atoms with Gasteiger partial charge < -0.3 is 4.90 Å². The Morgan fingerprint density at radius 1 is 0.793 bits per heavy atom. The maximum absolute atomic E-state index is 13.5. The van der Waals surface area contributed by atoms with Crippen molar-refractivity contribution in [2.24, 2.45) is 0 Å². The molecule has 2 amide bonds. The molecule has 0 spiro atoms. The Morgan fingerprint density at radius 3 is 1.97 bits per heavy atom. The molecule has 1 heterocycles. The van der Waals surface area contributed by atoms with E-state index in [1.54, 1.807) is 36.4 Å². The number of anilines is 2. The van der Waals surface area contributed by atoms with Crippen LogP contribution in [0.4, 0.5) is 11.4 Å². The molecular weight excluding hydrogens is 384 g/mol. The molecule has 0 radical (unpaired) electrons. The largest absolute Gasteiger partial charge is 0.337 e. The Labute approximate surface area is 174 Å². The molecule has 3 aromatic rings. The van der Waals surface area contributed by atoms with E-state index in [1.165, 1.54) is 4.90 Å². The van der Waals surface area contributed by atoms with E-state index >= 15 is 0 Å². The first-order chi connectivity index (χ1) is 14.1. The second-order valence-corrected chi connectivity index (χ2v) is 7.03. The number of rotatable bonds is 5.